The highest BCUT2D eigenvalue weighted by atomic mass is 32.2. The summed E-state index contributed by atoms with van der Waals surface area (Å²) in [5, 5.41) is 0.656. The molecular weight excluding hydrogens is 418 g/mol. The fourth-order valence-electron chi connectivity index (χ4n) is 4.02. The largest absolute Gasteiger partial charge is 0.494 e. The third-order valence-electron chi connectivity index (χ3n) is 5.76. The van der Waals surface area contributed by atoms with Gasteiger partial charge >= 0.3 is 0 Å². The number of H-pyrrole nitrogens is 1. The molecule has 0 saturated heterocycles. The van der Waals surface area contributed by atoms with Crippen LogP contribution in [0.1, 0.15) is 31.9 Å². The summed E-state index contributed by atoms with van der Waals surface area (Å²) in [5.41, 5.74) is 4.08. The minimum Gasteiger partial charge on any atom is -0.494 e. The van der Waals surface area contributed by atoms with Crippen LogP contribution in [0.4, 0.5) is 0 Å². The Balaban J connectivity index is 1.49. The zero-order valence-electron chi connectivity index (χ0n) is 18.7. The molecule has 0 bridgehead atoms. The van der Waals surface area contributed by atoms with Crippen molar-refractivity contribution in [2.45, 2.75) is 37.5 Å². The average molecular weight is 448 g/mol. The third-order valence-corrected chi connectivity index (χ3v) is 7.82. The molecule has 1 heterocycles. The lowest BCUT2D eigenvalue weighted by Gasteiger charge is -2.13. The number of rotatable bonds is 7. The van der Waals surface area contributed by atoms with Gasteiger partial charge in [0.05, 0.1) is 11.9 Å². The van der Waals surface area contributed by atoms with Gasteiger partial charge in [-0.05, 0) is 67.2 Å². The lowest BCUT2D eigenvalue weighted by Crippen LogP contribution is -2.20. The standard InChI is InChI=1S/C27H29NO3S/c1-4-31-25-14-13-23(15-19(2)16-25)22-11-9-21(10-12-22)17-20(3)32(29,30)27-18-24-7-5-6-8-26(24)28-27/h5-16,18-20,28H,4,17H2,1-3H3. The number of nitrogens with one attached hydrogen (secondary N) is 1. The Morgan fingerprint density at radius 3 is 2.50 bits per heavy atom. The molecule has 5 heteroatoms. The molecule has 166 valence electrons. The van der Waals surface area contributed by atoms with Crippen molar-refractivity contribution >= 4 is 26.3 Å². The molecule has 2 aromatic carbocycles. The minimum absolute atomic E-state index is 0.266. The van der Waals surface area contributed by atoms with Gasteiger partial charge in [-0.15, -0.1) is 0 Å². The van der Waals surface area contributed by atoms with Crippen molar-refractivity contribution in [3.05, 3.63) is 95.8 Å². The molecular formula is C27H29NO3S. The molecule has 0 spiro atoms. The number of aromatic amines is 1. The second kappa shape index (κ2) is 9.21. The van der Waals surface area contributed by atoms with Crippen molar-refractivity contribution in [1.29, 1.82) is 0 Å². The Kier molecular flexibility index (Phi) is 6.38. The van der Waals surface area contributed by atoms with E-state index < -0.39 is 15.1 Å². The first-order valence-corrected chi connectivity index (χ1v) is 12.6. The van der Waals surface area contributed by atoms with Gasteiger partial charge in [0.25, 0.3) is 0 Å². The topological polar surface area (TPSA) is 59.2 Å². The normalized spacial score (nSPS) is 17.5. The number of hydrogen-bond donors (Lipinski definition) is 1. The summed E-state index contributed by atoms with van der Waals surface area (Å²) in [6.07, 6.45) is 8.85. The van der Waals surface area contributed by atoms with E-state index in [1.54, 1.807) is 13.0 Å². The summed E-state index contributed by atoms with van der Waals surface area (Å²) in [7, 11) is -3.45. The number of para-hydroxylation sites is 1. The quantitative estimate of drug-likeness (QED) is 0.477. The molecule has 4 nitrogen and oxygen atoms in total. The van der Waals surface area contributed by atoms with E-state index in [4.69, 9.17) is 4.74 Å². The molecule has 2 unspecified atom stereocenters. The van der Waals surface area contributed by atoms with E-state index in [2.05, 4.69) is 42.3 Å². The van der Waals surface area contributed by atoms with Gasteiger partial charge < -0.3 is 9.72 Å². The van der Waals surface area contributed by atoms with Crippen LogP contribution in [-0.4, -0.2) is 25.3 Å². The predicted molar refractivity (Wildman–Crippen MR) is 131 cm³/mol. The Labute approximate surface area is 190 Å². The van der Waals surface area contributed by atoms with Crippen LogP contribution in [-0.2, 0) is 21.0 Å². The van der Waals surface area contributed by atoms with Gasteiger partial charge in [-0.1, -0.05) is 61.5 Å². The van der Waals surface area contributed by atoms with Crippen molar-refractivity contribution < 1.29 is 13.2 Å². The fraction of sp³-hybridized carbons (Fsp3) is 0.259. The summed E-state index contributed by atoms with van der Waals surface area (Å²) >= 11 is 0. The second-order valence-corrected chi connectivity index (χ2v) is 10.6. The number of ether oxygens (including phenoxy) is 1. The minimum atomic E-state index is -3.45. The van der Waals surface area contributed by atoms with Crippen molar-refractivity contribution in [3.8, 4) is 0 Å². The van der Waals surface area contributed by atoms with E-state index in [9.17, 15) is 8.42 Å². The monoisotopic (exact) mass is 447 g/mol. The van der Waals surface area contributed by atoms with Crippen molar-refractivity contribution in [1.82, 2.24) is 4.98 Å². The van der Waals surface area contributed by atoms with Gasteiger partial charge in [-0.3, -0.25) is 0 Å². The molecule has 0 aliphatic heterocycles. The fourth-order valence-corrected chi connectivity index (χ4v) is 5.41. The summed E-state index contributed by atoms with van der Waals surface area (Å²) in [5.74, 6) is 1.15. The van der Waals surface area contributed by atoms with Crippen molar-refractivity contribution in [2.75, 3.05) is 6.61 Å². The molecule has 3 aromatic rings. The van der Waals surface area contributed by atoms with Crippen LogP contribution in [0.2, 0.25) is 0 Å². The van der Waals surface area contributed by atoms with E-state index >= 15 is 0 Å². The maximum Gasteiger partial charge on any atom is 0.196 e. The lowest BCUT2D eigenvalue weighted by molar-refractivity contribution is 0.240. The highest BCUT2D eigenvalue weighted by Crippen LogP contribution is 2.26. The molecule has 4 rings (SSSR count). The zero-order valence-corrected chi connectivity index (χ0v) is 19.5. The Morgan fingerprint density at radius 2 is 1.78 bits per heavy atom. The molecule has 2 atom stereocenters. The van der Waals surface area contributed by atoms with Crippen molar-refractivity contribution in [2.24, 2.45) is 5.92 Å². The Hall–Kier alpha value is -3.05. The van der Waals surface area contributed by atoms with E-state index in [-0.39, 0.29) is 10.9 Å². The third kappa shape index (κ3) is 4.73. The van der Waals surface area contributed by atoms with Gasteiger partial charge in [-0.25, -0.2) is 8.42 Å². The summed E-state index contributed by atoms with van der Waals surface area (Å²) in [6.45, 7) is 6.54. The van der Waals surface area contributed by atoms with Crippen LogP contribution in [0.5, 0.6) is 0 Å². The molecule has 1 N–H and O–H groups in total. The van der Waals surface area contributed by atoms with Gasteiger partial charge in [0.1, 0.15) is 10.8 Å². The second-order valence-electron chi connectivity index (χ2n) is 8.29. The van der Waals surface area contributed by atoms with Gasteiger partial charge in [-0.2, -0.15) is 0 Å². The molecule has 0 fully saturated rings. The molecule has 32 heavy (non-hydrogen) atoms. The average Bonchev–Trinajstić information content (AvgIpc) is 3.13. The first-order chi connectivity index (χ1) is 15.4. The number of sulfone groups is 1. The number of allylic oxidation sites excluding steroid dienone is 5. The molecule has 0 amide bonds. The van der Waals surface area contributed by atoms with Gasteiger partial charge in [0.2, 0.25) is 0 Å². The maximum absolute atomic E-state index is 13.1. The number of aromatic nitrogens is 1. The summed E-state index contributed by atoms with van der Waals surface area (Å²) in [4.78, 5) is 3.06. The first kappa shape index (κ1) is 22.2. The SMILES string of the molecule is CCOC1=CC(C)C=C(c2ccc(CC(C)S(=O)(=O)c3cc4ccccc4[nH]3)cc2)C=C1. The van der Waals surface area contributed by atoms with E-state index in [0.717, 1.165) is 33.4 Å². The Morgan fingerprint density at radius 1 is 1.03 bits per heavy atom. The zero-order chi connectivity index (χ0) is 22.7. The van der Waals surface area contributed by atoms with Crippen LogP contribution in [0.15, 0.2) is 89.7 Å². The molecule has 0 radical (unpaired) electrons. The van der Waals surface area contributed by atoms with E-state index in [0.29, 0.717) is 13.0 Å². The summed E-state index contributed by atoms with van der Waals surface area (Å²) < 4.78 is 31.9. The summed E-state index contributed by atoms with van der Waals surface area (Å²) in [6, 6.07) is 17.5. The Bertz CT molecular complexity index is 1260. The lowest BCUT2D eigenvalue weighted by atomic mass is 9.99. The number of fused-ring (bicyclic) bond motifs is 1. The van der Waals surface area contributed by atoms with Crippen LogP contribution in [0, 0.1) is 5.92 Å². The highest BCUT2D eigenvalue weighted by molar-refractivity contribution is 7.92. The molecule has 0 saturated carbocycles. The van der Waals surface area contributed by atoms with Crippen LogP contribution in [0.3, 0.4) is 0 Å². The van der Waals surface area contributed by atoms with Gasteiger partial charge in [0.15, 0.2) is 9.84 Å². The van der Waals surface area contributed by atoms with Crippen molar-refractivity contribution in [3.63, 3.8) is 0 Å². The smallest absolute Gasteiger partial charge is 0.196 e. The maximum atomic E-state index is 13.1. The molecule has 1 aliphatic carbocycles. The van der Waals surface area contributed by atoms with E-state index in [1.807, 2.05) is 49.4 Å². The van der Waals surface area contributed by atoms with E-state index in [1.165, 1.54) is 0 Å². The number of benzene rings is 2. The first-order valence-electron chi connectivity index (χ1n) is 11.0. The van der Waals surface area contributed by atoms with Gasteiger partial charge in [0, 0.05) is 10.9 Å². The van der Waals surface area contributed by atoms with Crippen LogP contribution in [0.25, 0.3) is 16.5 Å². The predicted octanol–water partition coefficient (Wildman–Crippen LogP) is 6.08. The molecule has 1 aliphatic rings. The highest BCUT2D eigenvalue weighted by Gasteiger charge is 2.25. The number of hydrogen-bond acceptors (Lipinski definition) is 3. The van der Waals surface area contributed by atoms with Crippen LogP contribution < -0.4 is 0 Å². The molecule has 1 aromatic heterocycles. The van der Waals surface area contributed by atoms with Crippen LogP contribution >= 0.6 is 0 Å².